The first-order valence-corrected chi connectivity index (χ1v) is 39.8. The van der Waals surface area contributed by atoms with Crippen LogP contribution >= 0.6 is 37.2 Å². The number of benzene rings is 6. The molecule has 0 amide bonds. The van der Waals surface area contributed by atoms with E-state index < -0.39 is 6.10 Å². The molecular weight excluding hydrogens is 1440 g/mol. The van der Waals surface area contributed by atoms with E-state index in [0.29, 0.717) is 31.4 Å². The zero-order valence-electron chi connectivity index (χ0n) is 47.2. The second kappa shape index (κ2) is 46.3. The van der Waals surface area contributed by atoms with E-state index in [4.69, 9.17) is 9.47 Å². The third kappa shape index (κ3) is 22.6. The summed E-state index contributed by atoms with van der Waals surface area (Å²) < 4.78 is 11.9. The Hall–Kier alpha value is -2.44. The van der Waals surface area contributed by atoms with Crippen LogP contribution in [0.2, 0.25) is 0 Å². The number of aliphatic hydroxyl groups is 1. The fourth-order valence-electron chi connectivity index (χ4n) is 9.38. The van der Waals surface area contributed by atoms with E-state index in [0.717, 1.165) is 44.1 Å². The van der Waals surface area contributed by atoms with Crippen LogP contribution in [0.1, 0.15) is 227 Å². The molecule has 0 aromatic heterocycles. The van der Waals surface area contributed by atoms with Gasteiger partial charge in [0.15, 0.2) is 0 Å². The molecule has 0 bridgehead atoms. The van der Waals surface area contributed by atoms with E-state index in [1.807, 2.05) is 113 Å². The average molecular weight is 1540 g/mol. The van der Waals surface area contributed by atoms with Crippen molar-refractivity contribution in [2.45, 2.75) is 186 Å². The van der Waals surface area contributed by atoms with Crippen LogP contribution in [0.25, 0.3) is 0 Å². The summed E-state index contributed by atoms with van der Waals surface area (Å²) in [6.45, 7) is 37.5. The summed E-state index contributed by atoms with van der Waals surface area (Å²) >= 11 is 5.30. The van der Waals surface area contributed by atoms with E-state index in [-0.39, 0.29) is 54.0 Å². The molecule has 76 heavy (non-hydrogen) atoms. The molecule has 2 fully saturated rings. The van der Waals surface area contributed by atoms with Crippen LogP contribution in [0.15, 0.2) is 171 Å². The van der Waals surface area contributed by atoms with Gasteiger partial charge in [-0.05, 0) is 105 Å². The van der Waals surface area contributed by atoms with Crippen LogP contribution in [0, 0.1) is 6.92 Å². The number of hydrogen-bond donors (Lipinski definition) is 1. The molecule has 7 unspecified atom stereocenters. The van der Waals surface area contributed by atoms with Gasteiger partial charge in [0.2, 0.25) is 0 Å². The summed E-state index contributed by atoms with van der Waals surface area (Å²) in [6, 6.07) is 51.4. The standard InChI is InChI=1S/C18H17O.C18H18O.C15H12O.C4H8.6C2H6.2CH4.I3.W/c1-12-10-17-15-8-4-2-6-13(15)11-14-7-3-5-9-16(14)18(17)19-12;1-2-7-17-15-10-5-3-8-13(15)12-14-9-4-6-11-16(14)18(17)19;1-3-7-12-10(5-1)9-11-6-2-4-8-13(11)15-14(12)16-15;1-3-4-2;6*1-2;;;1-3-2;/h2-9,12,17-18H,1,10-11H2;2-6,8-11,17-19H,1,7,12H2;1-8,14-15H,9H2;3H,1,4H2,2H3;6*1-2H3;2*1H4;;/q-1;;;;;;;;;;;;-1;. The molecule has 6 aromatic rings. The van der Waals surface area contributed by atoms with Gasteiger partial charge >= 0.3 is 50.5 Å². The van der Waals surface area contributed by atoms with E-state index in [1.54, 1.807) is 0 Å². The summed E-state index contributed by atoms with van der Waals surface area (Å²) in [5.41, 5.74) is 16.1. The maximum absolute atomic E-state index is 10.7. The van der Waals surface area contributed by atoms with E-state index in [1.165, 1.54) is 61.2 Å². The number of aliphatic hydroxyl groups excluding tert-OH is 1. The van der Waals surface area contributed by atoms with Gasteiger partial charge in [-0.2, -0.15) is 0 Å². The fourth-order valence-corrected chi connectivity index (χ4v) is 9.38. The monoisotopic (exact) mass is 1540 g/mol. The van der Waals surface area contributed by atoms with Gasteiger partial charge in [-0.3, -0.25) is 0 Å². The summed E-state index contributed by atoms with van der Waals surface area (Å²) in [5.74, 6) is 0.569. The van der Waals surface area contributed by atoms with Gasteiger partial charge in [-0.1, -0.05) is 269 Å². The van der Waals surface area contributed by atoms with Crippen molar-refractivity contribution < 1.29 is 48.9 Å². The Kier molecular flexibility index (Phi) is 47.4. The van der Waals surface area contributed by atoms with Crippen molar-refractivity contribution in [3.63, 3.8) is 0 Å². The first-order valence-electron chi connectivity index (χ1n) is 27.3. The van der Waals surface area contributed by atoms with Crippen LogP contribution in [0.5, 0.6) is 0 Å². The van der Waals surface area contributed by atoms with Crippen molar-refractivity contribution in [1.29, 1.82) is 0 Å². The van der Waals surface area contributed by atoms with Gasteiger partial charge in [0.1, 0.15) is 12.2 Å². The van der Waals surface area contributed by atoms with E-state index >= 15 is 0 Å². The van der Waals surface area contributed by atoms with Crippen molar-refractivity contribution in [1.82, 2.24) is 0 Å². The molecule has 7 atom stereocenters. The molecule has 0 spiro atoms. The first-order chi connectivity index (χ1) is 35.9. The molecule has 422 valence electrons. The minimum Gasteiger partial charge on any atom is -0.402 e. The zero-order valence-corrected chi connectivity index (χ0v) is 56.6. The Morgan fingerprint density at radius 3 is 1.12 bits per heavy atom. The Balaban J connectivity index is -0.000000891. The number of halogens is 3. The topological polar surface area (TPSA) is 42.0 Å². The average Bonchev–Trinajstić information content (AvgIpc) is 4.23. The van der Waals surface area contributed by atoms with Crippen molar-refractivity contribution in [3.05, 3.63) is 245 Å². The largest absolute Gasteiger partial charge is 0.402 e. The van der Waals surface area contributed by atoms with Gasteiger partial charge in [-0.15, -0.1) is 13.2 Å². The van der Waals surface area contributed by atoms with Crippen molar-refractivity contribution in [2.75, 3.05) is 0 Å². The molecular formula is C69H99I3O3W-2. The molecule has 2 heterocycles. The van der Waals surface area contributed by atoms with Crippen LogP contribution < -0.4 is 13.3 Å². The minimum absolute atomic E-state index is 0. The predicted octanol–water partition coefficient (Wildman–Crippen LogP) is 19.2. The van der Waals surface area contributed by atoms with E-state index in [9.17, 15) is 5.11 Å². The summed E-state index contributed by atoms with van der Waals surface area (Å²) in [7, 11) is 0. The minimum atomic E-state index is -0.446. The van der Waals surface area contributed by atoms with Gasteiger partial charge in [-0.25, -0.2) is 0 Å². The molecule has 2 saturated heterocycles. The van der Waals surface area contributed by atoms with Crippen molar-refractivity contribution in [3.8, 4) is 0 Å². The molecule has 2 aliphatic heterocycles. The van der Waals surface area contributed by atoms with Gasteiger partial charge in [0.25, 0.3) is 0 Å². The number of fused-ring (bicyclic) bond motifs is 12. The quantitative estimate of drug-likeness (QED) is 0.0831. The van der Waals surface area contributed by atoms with Gasteiger partial charge in [0.05, 0.1) is 12.2 Å². The summed E-state index contributed by atoms with van der Waals surface area (Å²) in [5, 5.41) is 10.7. The molecule has 3 aliphatic carbocycles. The number of allylic oxidation sites excluding steroid dienone is 2. The Morgan fingerprint density at radius 1 is 0.487 bits per heavy atom. The fraction of sp³-hybridized carbons (Fsp3) is 0.406. The number of hydrogen-bond acceptors (Lipinski definition) is 3. The SMILES string of the molecule is C.C.C=CCC.C=CCC1c2ccccc2Cc2ccccc2C1O.CC.CC.CC.CC.CC.CC.I[I-]I.[CH2-]C1CC2c3ccccc3Cc3ccccc3C2O1.[W].c1ccc2c(c1)Cc1ccccc1C1OC21. The maximum atomic E-state index is 10.7. The molecule has 0 radical (unpaired) electrons. The van der Waals surface area contributed by atoms with Gasteiger partial charge < -0.3 is 21.5 Å². The molecule has 6 aromatic carbocycles. The van der Waals surface area contributed by atoms with E-state index in [2.05, 4.69) is 192 Å². The van der Waals surface area contributed by atoms with Crippen LogP contribution in [0.3, 0.4) is 0 Å². The second-order valence-electron chi connectivity index (χ2n) is 16.0. The van der Waals surface area contributed by atoms with Crippen molar-refractivity contribution in [2.24, 2.45) is 0 Å². The molecule has 3 nitrogen and oxygen atoms in total. The number of epoxide rings is 1. The molecule has 11 rings (SSSR count). The normalized spacial score (nSPS) is 18.7. The van der Waals surface area contributed by atoms with Crippen LogP contribution in [-0.2, 0) is 49.8 Å². The van der Waals surface area contributed by atoms with Gasteiger partial charge in [0, 0.05) is 32.9 Å². The van der Waals surface area contributed by atoms with Crippen molar-refractivity contribution >= 4 is 37.2 Å². The second-order valence-corrected chi connectivity index (χ2v) is 32.3. The third-order valence-electron chi connectivity index (χ3n) is 12.3. The summed E-state index contributed by atoms with van der Waals surface area (Å²) in [4.78, 5) is 0. The van der Waals surface area contributed by atoms with Crippen LogP contribution in [0.4, 0.5) is 0 Å². The number of ether oxygens (including phenoxy) is 2. The molecule has 0 saturated carbocycles. The number of rotatable bonds is 3. The Labute approximate surface area is 511 Å². The molecule has 7 heteroatoms. The molecule has 1 N–H and O–H groups in total. The first kappa shape index (κ1) is 77.8. The maximum Gasteiger partial charge on any atom is 0.114 e. The third-order valence-corrected chi connectivity index (χ3v) is 12.3. The Bertz CT molecular complexity index is 2300. The Morgan fingerprint density at radius 2 is 0.763 bits per heavy atom. The van der Waals surface area contributed by atoms with Crippen LogP contribution in [-0.4, -0.2) is 11.2 Å². The smallest absolute Gasteiger partial charge is 0.114 e. The molecule has 5 aliphatic rings. The summed E-state index contributed by atoms with van der Waals surface area (Å²) in [6.07, 6.45) is 10.1. The zero-order chi connectivity index (χ0) is 54.7. The predicted molar refractivity (Wildman–Crippen MR) is 347 cm³/mol.